The Morgan fingerprint density at radius 2 is 2.44 bits per heavy atom. The summed E-state index contributed by atoms with van der Waals surface area (Å²) < 4.78 is 5.34. The molecule has 0 amide bonds. The molecule has 1 aliphatic rings. The Morgan fingerprint density at radius 1 is 1.56 bits per heavy atom. The molecule has 1 fully saturated rings. The summed E-state index contributed by atoms with van der Waals surface area (Å²) >= 11 is 0. The maximum atomic E-state index is 10.6. The number of anilines is 1. The molecule has 1 atom stereocenters. The molecule has 1 saturated heterocycles. The number of rotatable bonds is 3. The third kappa shape index (κ3) is 2.70. The molecule has 0 aliphatic carbocycles. The van der Waals surface area contributed by atoms with Crippen molar-refractivity contribution in [1.29, 1.82) is 0 Å². The lowest BCUT2D eigenvalue weighted by Crippen LogP contribution is -2.29. The monoisotopic (exact) mass is 222 g/mol. The van der Waals surface area contributed by atoms with Gasteiger partial charge in [0.15, 0.2) is 0 Å². The van der Waals surface area contributed by atoms with E-state index in [1.54, 1.807) is 6.07 Å². The smallest absolute Gasteiger partial charge is 0.354 e. The Morgan fingerprint density at radius 3 is 3.00 bits per heavy atom. The SMILES string of the molecule is O=C(O)c1ccc(NC2CCCOC2)cn1. The zero-order valence-corrected chi connectivity index (χ0v) is 8.85. The third-order valence-electron chi connectivity index (χ3n) is 2.51. The lowest BCUT2D eigenvalue weighted by Gasteiger charge is -2.23. The first-order chi connectivity index (χ1) is 7.75. The van der Waals surface area contributed by atoms with Crippen molar-refractivity contribution in [3.8, 4) is 0 Å². The van der Waals surface area contributed by atoms with Gasteiger partial charge < -0.3 is 15.2 Å². The number of aromatic nitrogens is 1. The van der Waals surface area contributed by atoms with Gasteiger partial charge in [0, 0.05) is 12.6 Å². The third-order valence-corrected chi connectivity index (χ3v) is 2.51. The fourth-order valence-corrected chi connectivity index (χ4v) is 1.70. The van der Waals surface area contributed by atoms with Gasteiger partial charge in [0.2, 0.25) is 0 Å². The number of nitrogens with zero attached hydrogens (tertiary/aromatic N) is 1. The number of carboxylic acid groups (broad SMARTS) is 1. The molecule has 0 aromatic carbocycles. The highest BCUT2D eigenvalue weighted by Gasteiger charge is 2.13. The summed E-state index contributed by atoms with van der Waals surface area (Å²) in [5.41, 5.74) is 0.894. The van der Waals surface area contributed by atoms with E-state index in [1.807, 2.05) is 0 Å². The molecular formula is C11H14N2O3. The van der Waals surface area contributed by atoms with Crippen LogP contribution in [0.1, 0.15) is 23.3 Å². The van der Waals surface area contributed by atoms with E-state index < -0.39 is 5.97 Å². The van der Waals surface area contributed by atoms with Gasteiger partial charge in [-0.2, -0.15) is 0 Å². The summed E-state index contributed by atoms with van der Waals surface area (Å²) in [4.78, 5) is 14.4. The Bertz CT molecular complexity index is 358. The van der Waals surface area contributed by atoms with Crippen LogP contribution in [0.25, 0.3) is 0 Å². The summed E-state index contributed by atoms with van der Waals surface area (Å²) in [5, 5.41) is 12.0. The molecule has 0 bridgehead atoms. The zero-order valence-electron chi connectivity index (χ0n) is 8.85. The van der Waals surface area contributed by atoms with Crippen molar-refractivity contribution in [2.45, 2.75) is 18.9 Å². The van der Waals surface area contributed by atoms with Crippen molar-refractivity contribution in [2.24, 2.45) is 0 Å². The molecule has 0 radical (unpaired) electrons. The molecular weight excluding hydrogens is 208 g/mol. The lowest BCUT2D eigenvalue weighted by atomic mass is 10.1. The summed E-state index contributed by atoms with van der Waals surface area (Å²) in [7, 11) is 0. The van der Waals surface area contributed by atoms with Crippen molar-refractivity contribution in [3.63, 3.8) is 0 Å². The van der Waals surface area contributed by atoms with Gasteiger partial charge in [0.25, 0.3) is 0 Å². The highest BCUT2D eigenvalue weighted by atomic mass is 16.5. The fraction of sp³-hybridized carbons (Fsp3) is 0.455. The maximum absolute atomic E-state index is 10.6. The van der Waals surface area contributed by atoms with E-state index in [0.29, 0.717) is 12.6 Å². The highest BCUT2D eigenvalue weighted by molar-refractivity contribution is 5.85. The van der Waals surface area contributed by atoms with Gasteiger partial charge in [-0.15, -0.1) is 0 Å². The summed E-state index contributed by atoms with van der Waals surface area (Å²) in [6.07, 6.45) is 3.66. The Balaban J connectivity index is 1.96. The summed E-state index contributed by atoms with van der Waals surface area (Å²) in [5.74, 6) is -1.01. The average Bonchev–Trinajstić information content (AvgIpc) is 2.31. The number of hydrogen-bond donors (Lipinski definition) is 2. The van der Waals surface area contributed by atoms with Crippen LogP contribution in [0.2, 0.25) is 0 Å². The van der Waals surface area contributed by atoms with Crippen molar-refractivity contribution in [1.82, 2.24) is 4.98 Å². The minimum Gasteiger partial charge on any atom is -0.477 e. The van der Waals surface area contributed by atoms with Crippen LogP contribution in [0.4, 0.5) is 5.69 Å². The second-order valence-electron chi connectivity index (χ2n) is 3.80. The average molecular weight is 222 g/mol. The van der Waals surface area contributed by atoms with Crippen molar-refractivity contribution in [2.75, 3.05) is 18.5 Å². The van der Waals surface area contributed by atoms with Crippen molar-refractivity contribution in [3.05, 3.63) is 24.0 Å². The molecule has 1 aliphatic heterocycles. The molecule has 1 unspecified atom stereocenters. The maximum Gasteiger partial charge on any atom is 0.354 e. The summed E-state index contributed by atoms with van der Waals surface area (Å²) in [6.45, 7) is 1.52. The van der Waals surface area contributed by atoms with Gasteiger partial charge in [-0.1, -0.05) is 0 Å². The number of carbonyl (C=O) groups is 1. The van der Waals surface area contributed by atoms with Crippen LogP contribution in [0.15, 0.2) is 18.3 Å². The van der Waals surface area contributed by atoms with Crippen LogP contribution in [0, 0.1) is 0 Å². The minimum absolute atomic E-state index is 0.0606. The van der Waals surface area contributed by atoms with E-state index in [-0.39, 0.29) is 5.69 Å². The Labute approximate surface area is 93.5 Å². The van der Waals surface area contributed by atoms with Crippen molar-refractivity contribution < 1.29 is 14.6 Å². The molecule has 86 valence electrons. The van der Waals surface area contributed by atoms with Gasteiger partial charge in [-0.25, -0.2) is 9.78 Å². The Hall–Kier alpha value is -1.62. The number of ether oxygens (including phenoxy) is 1. The van der Waals surface area contributed by atoms with E-state index in [2.05, 4.69) is 10.3 Å². The van der Waals surface area contributed by atoms with E-state index in [4.69, 9.17) is 9.84 Å². The molecule has 0 spiro atoms. The number of hydrogen-bond acceptors (Lipinski definition) is 4. The predicted molar refractivity (Wildman–Crippen MR) is 58.7 cm³/mol. The number of aromatic carboxylic acids is 1. The topological polar surface area (TPSA) is 71.5 Å². The Kier molecular flexibility index (Phi) is 3.36. The molecule has 2 N–H and O–H groups in total. The fourth-order valence-electron chi connectivity index (χ4n) is 1.70. The lowest BCUT2D eigenvalue weighted by molar-refractivity contribution is 0.0690. The molecule has 5 nitrogen and oxygen atoms in total. The van der Waals surface area contributed by atoms with Crippen LogP contribution in [-0.4, -0.2) is 35.3 Å². The van der Waals surface area contributed by atoms with Gasteiger partial charge in [0.1, 0.15) is 5.69 Å². The van der Waals surface area contributed by atoms with Crippen molar-refractivity contribution >= 4 is 11.7 Å². The standard InChI is InChI=1S/C11H14N2O3/c14-11(15)10-4-3-8(6-12-10)13-9-2-1-5-16-7-9/h3-4,6,9,13H,1-2,5,7H2,(H,14,15). The van der Waals surface area contributed by atoms with Crippen LogP contribution in [-0.2, 0) is 4.74 Å². The highest BCUT2D eigenvalue weighted by Crippen LogP contribution is 2.13. The van der Waals surface area contributed by atoms with E-state index in [0.717, 1.165) is 25.1 Å². The number of pyridine rings is 1. The van der Waals surface area contributed by atoms with Crippen LogP contribution >= 0.6 is 0 Å². The molecule has 2 heterocycles. The molecule has 1 aromatic heterocycles. The first-order valence-electron chi connectivity index (χ1n) is 5.29. The first-order valence-corrected chi connectivity index (χ1v) is 5.29. The molecule has 1 aromatic rings. The van der Waals surface area contributed by atoms with Gasteiger partial charge in [0.05, 0.1) is 18.5 Å². The number of nitrogens with one attached hydrogen (secondary N) is 1. The van der Waals surface area contributed by atoms with E-state index >= 15 is 0 Å². The summed E-state index contributed by atoms with van der Waals surface area (Å²) in [6, 6.07) is 3.52. The molecule has 2 rings (SSSR count). The molecule has 0 saturated carbocycles. The van der Waals surface area contributed by atoms with Gasteiger partial charge in [-0.05, 0) is 25.0 Å². The predicted octanol–water partition coefficient (Wildman–Crippen LogP) is 1.37. The van der Waals surface area contributed by atoms with E-state index in [9.17, 15) is 4.79 Å². The number of carboxylic acids is 1. The first kappa shape index (κ1) is 10.9. The largest absolute Gasteiger partial charge is 0.477 e. The quantitative estimate of drug-likeness (QED) is 0.808. The zero-order chi connectivity index (χ0) is 11.4. The van der Waals surface area contributed by atoms with Gasteiger partial charge in [-0.3, -0.25) is 0 Å². The second kappa shape index (κ2) is 4.94. The van der Waals surface area contributed by atoms with Crippen LogP contribution in [0.3, 0.4) is 0 Å². The molecule has 5 heteroatoms. The van der Waals surface area contributed by atoms with Crippen LogP contribution < -0.4 is 5.32 Å². The normalized spacial score (nSPS) is 20.4. The second-order valence-corrected chi connectivity index (χ2v) is 3.80. The molecule has 16 heavy (non-hydrogen) atoms. The van der Waals surface area contributed by atoms with Gasteiger partial charge >= 0.3 is 5.97 Å². The minimum atomic E-state index is -1.01. The van der Waals surface area contributed by atoms with E-state index in [1.165, 1.54) is 12.3 Å². The van der Waals surface area contributed by atoms with Crippen LogP contribution in [0.5, 0.6) is 0 Å².